The van der Waals surface area contributed by atoms with Gasteiger partial charge in [0.2, 0.25) is 0 Å². The van der Waals surface area contributed by atoms with Gasteiger partial charge in [-0.05, 0) is 43.3 Å². The molecule has 0 bridgehead atoms. The van der Waals surface area contributed by atoms with Crippen LogP contribution in [0.15, 0.2) is 71.1 Å². The number of nitrogens with zero attached hydrogens (tertiary/aromatic N) is 2. The summed E-state index contributed by atoms with van der Waals surface area (Å²) in [5.74, 6) is -0.721. The van der Waals surface area contributed by atoms with Gasteiger partial charge in [0.1, 0.15) is 29.5 Å². The van der Waals surface area contributed by atoms with Gasteiger partial charge in [-0.25, -0.2) is 8.78 Å². The van der Waals surface area contributed by atoms with Gasteiger partial charge in [-0.2, -0.15) is 4.98 Å². The van der Waals surface area contributed by atoms with Gasteiger partial charge >= 0.3 is 0 Å². The third kappa shape index (κ3) is 4.83. The molecule has 0 fully saturated rings. The highest BCUT2D eigenvalue weighted by Gasteiger charge is 2.17. The van der Waals surface area contributed by atoms with Gasteiger partial charge in [-0.15, -0.1) is 0 Å². The topological polar surface area (TPSA) is 64.5 Å². The number of para-hydroxylation sites is 3. The van der Waals surface area contributed by atoms with Crippen LogP contribution in [-0.4, -0.2) is 18.1 Å². The summed E-state index contributed by atoms with van der Waals surface area (Å²) < 4.78 is 39.7. The fourth-order valence-corrected chi connectivity index (χ4v) is 3.32. The molecular weight excluding hydrogens is 400 g/mol. The molecule has 4 rings (SSSR count). The van der Waals surface area contributed by atoms with E-state index in [1.807, 2.05) is 47.4 Å². The summed E-state index contributed by atoms with van der Waals surface area (Å²) in [5, 5.41) is 0. The quantitative estimate of drug-likeness (QED) is 0.409. The Labute approximate surface area is 179 Å². The molecule has 1 aromatic heterocycles. The van der Waals surface area contributed by atoms with Gasteiger partial charge in [0.05, 0.1) is 12.1 Å². The third-order valence-electron chi connectivity index (χ3n) is 4.95. The van der Waals surface area contributed by atoms with E-state index in [0.29, 0.717) is 37.0 Å². The van der Waals surface area contributed by atoms with Crippen LogP contribution in [0.25, 0.3) is 11.1 Å². The minimum absolute atomic E-state index is 0.101. The molecule has 0 atom stereocenters. The van der Waals surface area contributed by atoms with Crippen LogP contribution in [0.1, 0.15) is 17.5 Å². The number of ether oxygens (including phenoxy) is 1. The number of hydrogen-bond donors (Lipinski definition) is 1. The van der Waals surface area contributed by atoms with Gasteiger partial charge in [0.25, 0.3) is 6.01 Å². The first-order chi connectivity index (χ1) is 15.2. The number of nitrogens with two attached hydrogens (primary N) is 1. The number of hydrogen-bond acceptors (Lipinski definition) is 5. The van der Waals surface area contributed by atoms with Crippen LogP contribution in [0, 0.1) is 11.6 Å². The summed E-state index contributed by atoms with van der Waals surface area (Å²) in [6.45, 7) is 1.41. The lowest BCUT2D eigenvalue weighted by atomic mass is 10.1. The van der Waals surface area contributed by atoms with E-state index in [2.05, 4.69) is 4.98 Å². The van der Waals surface area contributed by atoms with Crippen LogP contribution in [0.4, 0.5) is 14.8 Å². The van der Waals surface area contributed by atoms with Crippen LogP contribution in [-0.2, 0) is 13.2 Å². The number of fused-ring (bicyclic) bond motifs is 1. The minimum Gasteiger partial charge on any atom is -0.488 e. The number of anilines is 1. The molecule has 0 aliphatic heterocycles. The van der Waals surface area contributed by atoms with Crippen molar-refractivity contribution in [2.75, 3.05) is 18.0 Å². The third-order valence-corrected chi connectivity index (χ3v) is 4.95. The molecule has 0 radical (unpaired) electrons. The van der Waals surface area contributed by atoms with Gasteiger partial charge < -0.3 is 19.8 Å². The van der Waals surface area contributed by atoms with E-state index in [1.165, 1.54) is 18.2 Å². The Balaban J connectivity index is 1.57. The van der Waals surface area contributed by atoms with Crippen LogP contribution >= 0.6 is 0 Å². The molecule has 2 N–H and O–H groups in total. The predicted molar refractivity (Wildman–Crippen MR) is 116 cm³/mol. The number of benzene rings is 3. The molecule has 0 spiro atoms. The minimum atomic E-state index is -0.631. The zero-order valence-electron chi connectivity index (χ0n) is 16.9. The second kappa shape index (κ2) is 9.57. The van der Waals surface area contributed by atoms with E-state index in [-0.39, 0.29) is 12.2 Å². The fourth-order valence-electron chi connectivity index (χ4n) is 3.32. The average molecular weight is 423 g/mol. The number of aromatic nitrogens is 1. The number of halogens is 2. The molecule has 0 unspecified atom stereocenters. The highest BCUT2D eigenvalue weighted by atomic mass is 19.1. The van der Waals surface area contributed by atoms with Crippen molar-refractivity contribution in [1.82, 2.24) is 4.98 Å². The Morgan fingerprint density at radius 2 is 1.68 bits per heavy atom. The standard InChI is InChI=1S/C24H23F2N3O2/c25-19-8-5-9-20(26)18(19)16-30-22-11-3-1-7-17(22)15-29(14-6-13-27)24-28-21-10-2-4-12-23(21)31-24/h1-5,7-12H,6,13-16,27H2. The largest absolute Gasteiger partial charge is 0.488 e. The lowest BCUT2D eigenvalue weighted by molar-refractivity contribution is 0.289. The second-order valence-electron chi connectivity index (χ2n) is 7.12. The average Bonchev–Trinajstić information content (AvgIpc) is 3.21. The number of oxazole rings is 1. The molecule has 31 heavy (non-hydrogen) atoms. The first kappa shape index (κ1) is 20.8. The smallest absolute Gasteiger partial charge is 0.298 e. The van der Waals surface area contributed by atoms with Gasteiger partial charge in [-0.1, -0.05) is 36.4 Å². The molecule has 0 saturated carbocycles. The molecule has 0 aliphatic carbocycles. The Bertz CT molecular complexity index is 1110. The van der Waals surface area contributed by atoms with Gasteiger partial charge in [0.15, 0.2) is 5.58 Å². The van der Waals surface area contributed by atoms with Gasteiger partial charge in [0, 0.05) is 12.1 Å². The Morgan fingerprint density at radius 1 is 0.935 bits per heavy atom. The summed E-state index contributed by atoms with van der Waals surface area (Å²) in [5.41, 5.74) is 7.94. The molecule has 0 amide bonds. The van der Waals surface area contributed by atoms with Crippen LogP contribution in [0.5, 0.6) is 5.75 Å². The van der Waals surface area contributed by atoms with E-state index in [0.717, 1.165) is 17.5 Å². The van der Waals surface area contributed by atoms with Crippen molar-refractivity contribution < 1.29 is 17.9 Å². The SMILES string of the molecule is NCCCN(Cc1ccccc1OCc1c(F)cccc1F)c1nc2ccccc2o1. The summed E-state index contributed by atoms with van der Waals surface area (Å²) >= 11 is 0. The molecule has 3 aromatic carbocycles. The maximum absolute atomic E-state index is 14.0. The van der Waals surface area contributed by atoms with E-state index in [1.54, 1.807) is 6.07 Å². The summed E-state index contributed by atoms with van der Waals surface area (Å²) in [6, 6.07) is 19.2. The zero-order chi connectivity index (χ0) is 21.6. The van der Waals surface area contributed by atoms with Crippen molar-refractivity contribution in [3.05, 3.63) is 89.5 Å². The van der Waals surface area contributed by atoms with Crippen molar-refractivity contribution in [2.24, 2.45) is 5.73 Å². The van der Waals surface area contributed by atoms with Crippen molar-refractivity contribution in [3.8, 4) is 5.75 Å². The Kier molecular flexibility index (Phi) is 6.43. The predicted octanol–water partition coefficient (Wildman–Crippen LogP) is 5.04. The monoisotopic (exact) mass is 423 g/mol. The molecule has 5 nitrogen and oxygen atoms in total. The molecule has 1 heterocycles. The fraction of sp³-hybridized carbons (Fsp3) is 0.208. The van der Waals surface area contributed by atoms with E-state index >= 15 is 0 Å². The van der Waals surface area contributed by atoms with Crippen LogP contribution in [0.3, 0.4) is 0 Å². The molecule has 7 heteroatoms. The maximum atomic E-state index is 14.0. The molecule has 0 saturated heterocycles. The Hall–Kier alpha value is -3.45. The van der Waals surface area contributed by atoms with E-state index < -0.39 is 11.6 Å². The molecule has 160 valence electrons. The van der Waals surface area contributed by atoms with Crippen molar-refractivity contribution in [3.63, 3.8) is 0 Å². The lowest BCUT2D eigenvalue weighted by Gasteiger charge is -2.22. The summed E-state index contributed by atoms with van der Waals surface area (Å²) in [7, 11) is 0. The van der Waals surface area contributed by atoms with Crippen molar-refractivity contribution in [2.45, 2.75) is 19.6 Å². The summed E-state index contributed by atoms with van der Waals surface area (Å²) in [4.78, 5) is 6.57. The first-order valence-electron chi connectivity index (χ1n) is 10.1. The highest BCUT2D eigenvalue weighted by Crippen LogP contribution is 2.27. The first-order valence-corrected chi connectivity index (χ1v) is 10.1. The Morgan fingerprint density at radius 3 is 2.45 bits per heavy atom. The van der Waals surface area contributed by atoms with Crippen molar-refractivity contribution >= 4 is 17.1 Å². The zero-order valence-corrected chi connectivity index (χ0v) is 16.9. The second-order valence-corrected chi connectivity index (χ2v) is 7.12. The van der Waals surface area contributed by atoms with E-state index in [9.17, 15) is 8.78 Å². The van der Waals surface area contributed by atoms with Crippen LogP contribution in [0.2, 0.25) is 0 Å². The lowest BCUT2D eigenvalue weighted by Crippen LogP contribution is -2.26. The van der Waals surface area contributed by atoms with Crippen molar-refractivity contribution in [1.29, 1.82) is 0 Å². The van der Waals surface area contributed by atoms with Crippen LogP contribution < -0.4 is 15.4 Å². The van der Waals surface area contributed by atoms with Gasteiger partial charge in [-0.3, -0.25) is 0 Å². The number of rotatable bonds is 9. The maximum Gasteiger partial charge on any atom is 0.298 e. The normalized spacial score (nSPS) is 11.1. The van der Waals surface area contributed by atoms with E-state index in [4.69, 9.17) is 14.9 Å². The molecule has 4 aromatic rings. The summed E-state index contributed by atoms with van der Waals surface area (Å²) in [6.07, 6.45) is 0.752. The molecular formula is C24H23F2N3O2. The molecule has 0 aliphatic rings. The highest BCUT2D eigenvalue weighted by molar-refractivity contribution is 5.74.